The van der Waals surface area contributed by atoms with Crippen LogP contribution in [0.2, 0.25) is 0 Å². The lowest BCUT2D eigenvalue weighted by Crippen LogP contribution is -2.41. The summed E-state index contributed by atoms with van der Waals surface area (Å²) in [5.74, 6) is -0.427. The van der Waals surface area contributed by atoms with Gasteiger partial charge in [-0.05, 0) is 55.7 Å². The third kappa shape index (κ3) is 7.27. The van der Waals surface area contributed by atoms with E-state index in [0.29, 0.717) is 18.1 Å². The molecule has 7 nitrogen and oxygen atoms in total. The van der Waals surface area contributed by atoms with Crippen molar-refractivity contribution in [3.8, 4) is 0 Å². The number of aryl methyl sites for hydroxylation is 3. The van der Waals surface area contributed by atoms with Crippen molar-refractivity contribution in [2.75, 3.05) is 16.8 Å². The molecule has 1 aromatic heterocycles. The molecule has 0 aliphatic rings. The summed E-state index contributed by atoms with van der Waals surface area (Å²) in [6.07, 6.45) is 1.57. The molecule has 0 bridgehead atoms. The van der Waals surface area contributed by atoms with Crippen LogP contribution in [0, 0.1) is 20.8 Å². The lowest BCUT2D eigenvalue weighted by molar-refractivity contribution is -0.125. The molecule has 0 unspecified atom stereocenters. The van der Waals surface area contributed by atoms with E-state index in [9.17, 15) is 14.4 Å². The molecule has 2 N–H and O–H groups in total. The molecule has 0 radical (unpaired) electrons. The first kappa shape index (κ1) is 24.6. The Labute approximate surface area is 200 Å². The van der Waals surface area contributed by atoms with Crippen LogP contribution in [0.1, 0.15) is 35.1 Å². The van der Waals surface area contributed by atoms with Crippen LogP contribution >= 0.6 is 0 Å². The third-order valence-corrected chi connectivity index (χ3v) is 5.33. The van der Waals surface area contributed by atoms with Crippen molar-refractivity contribution in [2.24, 2.45) is 0 Å². The molecule has 3 rings (SSSR count). The van der Waals surface area contributed by atoms with Crippen LogP contribution in [0.25, 0.3) is 0 Å². The van der Waals surface area contributed by atoms with E-state index in [4.69, 9.17) is 0 Å². The first-order chi connectivity index (χ1) is 16.3. The molecule has 2 aromatic carbocycles. The number of amides is 3. The maximum atomic E-state index is 13.2. The fourth-order valence-electron chi connectivity index (χ4n) is 3.58. The summed E-state index contributed by atoms with van der Waals surface area (Å²) in [5, 5.41) is 5.58. The summed E-state index contributed by atoms with van der Waals surface area (Å²) < 4.78 is 0. The van der Waals surface area contributed by atoms with Crippen LogP contribution in [0.4, 0.5) is 11.5 Å². The van der Waals surface area contributed by atoms with Crippen molar-refractivity contribution in [3.05, 3.63) is 89.1 Å². The smallest absolute Gasteiger partial charge is 0.240 e. The zero-order valence-electron chi connectivity index (χ0n) is 19.8. The molecule has 0 aliphatic heterocycles. The van der Waals surface area contributed by atoms with E-state index in [-0.39, 0.29) is 37.1 Å². The SMILES string of the molecule is Cc1ccnc(NC(=O)CCC(=O)N(CC(=O)NCc2ccccc2)c2ccc(C)cc2C)c1. The van der Waals surface area contributed by atoms with E-state index in [1.165, 1.54) is 4.90 Å². The summed E-state index contributed by atoms with van der Waals surface area (Å²) in [4.78, 5) is 43.8. The van der Waals surface area contributed by atoms with Gasteiger partial charge in [0.15, 0.2) is 0 Å². The molecule has 0 fully saturated rings. The molecule has 34 heavy (non-hydrogen) atoms. The Morgan fingerprint density at radius 2 is 1.59 bits per heavy atom. The number of carbonyl (C=O) groups excluding carboxylic acids is 3. The molecule has 3 aromatic rings. The standard InChI is InChI=1S/C27H30N4O3/c1-19-9-10-23(21(3)15-19)31(18-26(33)29-17-22-7-5-4-6-8-22)27(34)12-11-25(32)30-24-16-20(2)13-14-28-24/h4-10,13-16H,11-12,17-18H2,1-3H3,(H,29,33)(H,28,30,32). The van der Waals surface area contributed by atoms with Crippen molar-refractivity contribution in [1.29, 1.82) is 0 Å². The average molecular weight is 459 g/mol. The molecule has 0 atom stereocenters. The molecule has 176 valence electrons. The lowest BCUT2D eigenvalue weighted by atomic mass is 10.1. The van der Waals surface area contributed by atoms with Crippen LogP contribution in [0.15, 0.2) is 66.9 Å². The average Bonchev–Trinajstić information content (AvgIpc) is 2.81. The third-order valence-electron chi connectivity index (χ3n) is 5.33. The monoisotopic (exact) mass is 458 g/mol. The van der Waals surface area contributed by atoms with Gasteiger partial charge in [-0.25, -0.2) is 4.98 Å². The molecular formula is C27H30N4O3. The van der Waals surface area contributed by atoms with Gasteiger partial charge in [0, 0.05) is 31.3 Å². The van der Waals surface area contributed by atoms with Gasteiger partial charge < -0.3 is 15.5 Å². The van der Waals surface area contributed by atoms with E-state index in [2.05, 4.69) is 15.6 Å². The number of rotatable bonds is 9. The first-order valence-corrected chi connectivity index (χ1v) is 11.2. The van der Waals surface area contributed by atoms with Crippen molar-refractivity contribution in [2.45, 2.75) is 40.2 Å². The normalized spacial score (nSPS) is 10.4. The quantitative estimate of drug-likeness (QED) is 0.506. The number of benzene rings is 2. The van der Waals surface area contributed by atoms with Gasteiger partial charge in [-0.1, -0.05) is 48.0 Å². The van der Waals surface area contributed by atoms with Crippen LogP contribution in [0.5, 0.6) is 0 Å². The zero-order chi connectivity index (χ0) is 24.5. The highest BCUT2D eigenvalue weighted by Gasteiger charge is 2.21. The Bertz CT molecular complexity index is 1160. The molecule has 0 aliphatic carbocycles. The Balaban J connectivity index is 1.66. The number of hydrogen-bond acceptors (Lipinski definition) is 4. The summed E-state index contributed by atoms with van der Waals surface area (Å²) in [5.41, 5.74) is 4.56. The Morgan fingerprint density at radius 1 is 0.853 bits per heavy atom. The molecular weight excluding hydrogens is 428 g/mol. The highest BCUT2D eigenvalue weighted by molar-refractivity contribution is 6.01. The second-order valence-corrected chi connectivity index (χ2v) is 8.30. The van der Waals surface area contributed by atoms with Gasteiger partial charge in [0.2, 0.25) is 17.7 Å². The number of carbonyl (C=O) groups is 3. The van der Waals surface area contributed by atoms with Gasteiger partial charge in [0.05, 0.1) is 0 Å². The maximum Gasteiger partial charge on any atom is 0.240 e. The van der Waals surface area contributed by atoms with Gasteiger partial charge in [-0.3, -0.25) is 14.4 Å². The highest BCUT2D eigenvalue weighted by Crippen LogP contribution is 2.22. The zero-order valence-corrected chi connectivity index (χ0v) is 19.8. The van der Waals surface area contributed by atoms with Crippen LogP contribution < -0.4 is 15.5 Å². The van der Waals surface area contributed by atoms with Gasteiger partial charge in [-0.15, -0.1) is 0 Å². The van der Waals surface area contributed by atoms with Gasteiger partial charge in [0.1, 0.15) is 12.4 Å². The number of pyridine rings is 1. The number of nitrogens with zero attached hydrogens (tertiary/aromatic N) is 2. The number of nitrogens with one attached hydrogen (secondary N) is 2. The minimum Gasteiger partial charge on any atom is -0.350 e. The number of aromatic nitrogens is 1. The molecule has 0 saturated carbocycles. The van der Waals surface area contributed by atoms with E-state index in [0.717, 1.165) is 22.3 Å². The Hall–Kier alpha value is -4.00. The van der Waals surface area contributed by atoms with Crippen molar-refractivity contribution in [1.82, 2.24) is 10.3 Å². The van der Waals surface area contributed by atoms with Gasteiger partial charge in [0.25, 0.3) is 0 Å². The van der Waals surface area contributed by atoms with Crippen molar-refractivity contribution in [3.63, 3.8) is 0 Å². The van der Waals surface area contributed by atoms with Gasteiger partial charge >= 0.3 is 0 Å². The van der Waals surface area contributed by atoms with E-state index in [1.807, 2.05) is 75.4 Å². The highest BCUT2D eigenvalue weighted by atomic mass is 16.2. The molecule has 3 amide bonds. The first-order valence-electron chi connectivity index (χ1n) is 11.2. The summed E-state index contributed by atoms with van der Waals surface area (Å²) >= 11 is 0. The second-order valence-electron chi connectivity index (χ2n) is 8.30. The van der Waals surface area contributed by atoms with Crippen LogP contribution in [-0.2, 0) is 20.9 Å². The summed E-state index contributed by atoms with van der Waals surface area (Å²) in [6, 6.07) is 18.9. The van der Waals surface area contributed by atoms with Gasteiger partial charge in [-0.2, -0.15) is 0 Å². The molecule has 0 spiro atoms. The predicted molar refractivity (Wildman–Crippen MR) is 133 cm³/mol. The minimum absolute atomic E-state index is 0.0124. The fourth-order valence-corrected chi connectivity index (χ4v) is 3.58. The second kappa shape index (κ2) is 11.7. The van der Waals surface area contributed by atoms with Crippen molar-refractivity contribution < 1.29 is 14.4 Å². The summed E-state index contributed by atoms with van der Waals surface area (Å²) in [6.45, 7) is 6.03. The lowest BCUT2D eigenvalue weighted by Gasteiger charge is -2.24. The number of hydrogen-bond donors (Lipinski definition) is 2. The Kier molecular flexibility index (Phi) is 8.51. The molecule has 7 heteroatoms. The largest absolute Gasteiger partial charge is 0.350 e. The minimum atomic E-state index is -0.305. The van der Waals surface area contributed by atoms with E-state index >= 15 is 0 Å². The fraction of sp³-hybridized carbons (Fsp3) is 0.259. The van der Waals surface area contributed by atoms with E-state index < -0.39 is 0 Å². The van der Waals surface area contributed by atoms with E-state index in [1.54, 1.807) is 12.3 Å². The van der Waals surface area contributed by atoms with Crippen LogP contribution in [0.3, 0.4) is 0 Å². The van der Waals surface area contributed by atoms with Crippen molar-refractivity contribution >= 4 is 29.2 Å². The van der Waals surface area contributed by atoms with Crippen LogP contribution in [-0.4, -0.2) is 29.3 Å². The summed E-state index contributed by atoms with van der Waals surface area (Å²) in [7, 11) is 0. The maximum absolute atomic E-state index is 13.2. The molecule has 1 heterocycles. The molecule has 0 saturated heterocycles. The Morgan fingerprint density at radius 3 is 2.29 bits per heavy atom. The number of anilines is 2. The topological polar surface area (TPSA) is 91.4 Å². The predicted octanol–water partition coefficient (Wildman–Crippen LogP) is 4.08.